The van der Waals surface area contributed by atoms with Crippen molar-refractivity contribution in [2.75, 3.05) is 19.6 Å². The van der Waals surface area contributed by atoms with E-state index in [9.17, 15) is 0 Å². The lowest BCUT2D eigenvalue weighted by molar-refractivity contribution is 0.210. The van der Waals surface area contributed by atoms with Crippen molar-refractivity contribution in [2.45, 2.75) is 64.8 Å². The summed E-state index contributed by atoms with van der Waals surface area (Å²) < 4.78 is 2.44. The summed E-state index contributed by atoms with van der Waals surface area (Å²) in [5.74, 6) is 2.97. The maximum Gasteiger partial charge on any atom is 0.111 e. The molecule has 3 rings (SSSR count). The molecule has 0 unspecified atom stereocenters. The molecule has 2 fully saturated rings. The molecule has 0 N–H and O–H groups in total. The summed E-state index contributed by atoms with van der Waals surface area (Å²) in [6.07, 6.45) is 14.4. The van der Waals surface area contributed by atoms with E-state index in [-0.39, 0.29) is 0 Å². The summed E-state index contributed by atoms with van der Waals surface area (Å²) in [5, 5.41) is 0. The summed E-state index contributed by atoms with van der Waals surface area (Å²) in [6, 6.07) is 0. The lowest BCUT2D eigenvalue weighted by atomic mass is 9.95. The third kappa shape index (κ3) is 4.22. The van der Waals surface area contributed by atoms with E-state index >= 15 is 0 Å². The molecule has 0 radical (unpaired) electrons. The zero-order valence-electron chi connectivity index (χ0n) is 14.3. The highest BCUT2D eigenvalue weighted by atomic mass is 15.1. The average Bonchev–Trinajstić information content (AvgIpc) is 3.24. The average molecular weight is 301 g/mol. The lowest BCUT2D eigenvalue weighted by Gasteiger charge is -2.31. The summed E-state index contributed by atoms with van der Waals surface area (Å²) in [7, 11) is 0. The number of allylic oxidation sites excluding steroid dienone is 1. The Kier molecular flexibility index (Phi) is 5.35. The van der Waals surface area contributed by atoms with Crippen molar-refractivity contribution < 1.29 is 0 Å². The molecule has 1 aliphatic heterocycles. The van der Waals surface area contributed by atoms with Gasteiger partial charge in [0.15, 0.2) is 0 Å². The fourth-order valence-electron chi connectivity index (χ4n) is 3.47. The third-order valence-corrected chi connectivity index (χ3v) is 5.35. The van der Waals surface area contributed by atoms with E-state index < -0.39 is 0 Å². The number of aromatic nitrogens is 2. The SMILES string of the molecule is CC/C(C)=C/CCN1CCC(c2nccn2CC2CC2)CC1. The van der Waals surface area contributed by atoms with Crippen LogP contribution in [0.25, 0.3) is 0 Å². The van der Waals surface area contributed by atoms with Crippen LogP contribution in [0.5, 0.6) is 0 Å². The van der Waals surface area contributed by atoms with Crippen LogP contribution in [-0.4, -0.2) is 34.1 Å². The molecule has 0 atom stereocenters. The Morgan fingerprint density at radius 3 is 2.73 bits per heavy atom. The molecule has 0 amide bonds. The maximum atomic E-state index is 4.68. The fraction of sp³-hybridized carbons (Fsp3) is 0.737. The molecule has 3 nitrogen and oxygen atoms in total. The van der Waals surface area contributed by atoms with Crippen molar-refractivity contribution in [2.24, 2.45) is 5.92 Å². The molecule has 1 aromatic rings. The molecule has 2 heterocycles. The lowest BCUT2D eigenvalue weighted by Crippen LogP contribution is -2.34. The van der Waals surface area contributed by atoms with E-state index in [1.54, 1.807) is 0 Å². The number of hydrogen-bond donors (Lipinski definition) is 0. The smallest absolute Gasteiger partial charge is 0.111 e. The predicted molar refractivity (Wildman–Crippen MR) is 92.0 cm³/mol. The zero-order valence-corrected chi connectivity index (χ0v) is 14.3. The van der Waals surface area contributed by atoms with E-state index in [0.717, 1.165) is 5.92 Å². The van der Waals surface area contributed by atoms with E-state index in [1.807, 2.05) is 6.20 Å². The van der Waals surface area contributed by atoms with Gasteiger partial charge in [0.1, 0.15) is 5.82 Å². The van der Waals surface area contributed by atoms with E-state index in [4.69, 9.17) is 0 Å². The van der Waals surface area contributed by atoms with Crippen molar-refractivity contribution in [3.05, 3.63) is 29.9 Å². The van der Waals surface area contributed by atoms with Crippen LogP contribution in [0.15, 0.2) is 24.0 Å². The van der Waals surface area contributed by atoms with Gasteiger partial charge in [-0.2, -0.15) is 0 Å². The van der Waals surface area contributed by atoms with Crippen molar-refractivity contribution in [3.63, 3.8) is 0 Å². The third-order valence-electron chi connectivity index (χ3n) is 5.35. The number of likely N-dealkylation sites (tertiary alicyclic amines) is 1. The van der Waals surface area contributed by atoms with Crippen LogP contribution >= 0.6 is 0 Å². The highest BCUT2D eigenvalue weighted by molar-refractivity contribution is 5.04. The Morgan fingerprint density at radius 1 is 1.27 bits per heavy atom. The predicted octanol–water partition coefficient (Wildman–Crippen LogP) is 4.22. The number of hydrogen-bond acceptors (Lipinski definition) is 2. The summed E-state index contributed by atoms with van der Waals surface area (Å²) in [4.78, 5) is 7.31. The van der Waals surface area contributed by atoms with Crippen molar-refractivity contribution in [1.82, 2.24) is 14.5 Å². The molecule has 22 heavy (non-hydrogen) atoms. The van der Waals surface area contributed by atoms with Crippen LogP contribution in [0.4, 0.5) is 0 Å². The topological polar surface area (TPSA) is 21.1 Å². The molecule has 3 heteroatoms. The largest absolute Gasteiger partial charge is 0.334 e. The van der Waals surface area contributed by atoms with Gasteiger partial charge in [0.25, 0.3) is 0 Å². The Morgan fingerprint density at radius 2 is 2.05 bits per heavy atom. The minimum Gasteiger partial charge on any atom is -0.334 e. The van der Waals surface area contributed by atoms with Crippen LogP contribution in [0.2, 0.25) is 0 Å². The summed E-state index contributed by atoms with van der Waals surface area (Å²) >= 11 is 0. The molecule has 1 aliphatic carbocycles. The Balaban J connectivity index is 1.46. The van der Waals surface area contributed by atoms with Gasteiger partial charge in [-0.25, -0.2) is 4.98 Å². The minimum absolute atomic E-state index is 0.679. The van der Waals surface area contributed by atoms with Gasteiger partial charge in [-0.05, 0) is 64.5 Å². The van der Waals surface area contributed by atoms with Crippen LogP contribution in [0.3, 0.4) is 0 Å². The zero-order chi connectivity index (χ0) is 15.4. The first kappa shape index (κ1) is 15.8. The Labute approximate surface area is 135 Å². The molecular formula is C19H31N3. The van der Waals surface area contributed by atoms with Crippen molar-refractivity contribution in [3.8, 4) is 0 Å². The first-order valence-electron chi connectivity index (χ1n) is 9.15. The Bertz CT molecular complexity index is 491. The Hall–Kier alpha value is -1.09. The minimum atomic E-state index is 0.679. The van der Waals surface area contributed by atoms with Gasteiger partial charge in [-0.3, -0.25) is 0 Å². The van der Waals surface area contributed by atoms with Crippen LogP contribution in [-0.2, 0) is 6.54 Å². The monoisotopic (exact) mass is 301 g/mol. The quantitative estimate of drug-likeness (QED) is 0.703. The number of nitrogens with zero attached hydrogens (tertiary/aromatic N) is 3. The normalized spacial score (nSPS) is 21.5. The van der Waals surface area contributed by atoms with Gasteiger partial charge in [-0.15, -0.1) is 0 Å². The molecule has 0 bridgehead atoms. The van der Waals surface area contributed by atoms with E-state index in [0.29, 0.717) is 5.92 Å². The molecule has 1 saturated carbocycles. The van der Waals surface area contributed by atoms with Gasteiger partial charge in [0, 0.05) is 31.4 Å². The van der Waals surface area contributed by atoms with Gasteiger partial charge in [0.05, 0.1) is 0 Å². The van der Waals surface area contributed by atoms with Crippen LogP contribution in [0.1, 0.15) is 64.1 Å². The van der Waals surface area contributed by atoms with Crippen molar-refractivity contribution >= 4 is 0 Å². The van der Waals surface area contributed by atoms with Crippen LogP contribution < -0.4 is 0 Å². The second-order valence-electron chi connectivity index (χ2n) is 7.19. The molecule has 2 aliphatic rings. The summed E-state index contributed by atoms with van der Waals surface area (Å²) in [5.41, 5.74) is 1.52. The maximum absolute atomic E-state index is 4.68. The molecular weight excluding hydrogens is 270 g/mol. The van der Waals surface area contributed by atoms with E-state index in [2.05, 4.69) is 40.6 Å². The van der Waals surface area contributed by atoms with Crippen LogP contribution in [0, 0.1) is 5.92 Å². The summed E-state index contributed by atoms with van der Waals surface area (Å²) in [6.45, 7) is 9.38. The van der Waals surface area contributed by atoms with Gasteiger partial charge in [-0.1, -0.05) is 18.6 Å². The molecule has 0 spiro atoms. The van der Waals surface area contributed by atoms with Crippen molar-refractivity contribution in [1.29, 1.82) is 0 Å². The molecule has 0 aromatic carbocycles. The molecule has 1 aromatic heterocycles. The van der Waals surface area contributed by atoms with Gasteiger partial charge >= 0.3 is 0 Å². The number of piperidine rings is 1. The van der Waals surface area contributed by atoms with E-state index in [1.165, 1.54) is 76.1 Å². The van der Waals surface area contributed by atoms with Gasteiger partial charge < -0.3 is 9.47 Å². The first-order valence-corrected chi connectivity index (χ1v) is 9.15. The highest BCUT2D eigenvalue weighted by Gasteiger charge is 2.26. The second kappa shape index (κ2) is 7.45. The number of rotatable bonds is 7. The standard InChI is InChI=1S/C19H31N3/c1-3-16(2)5-4-11-21-12-8-18(9-13-21)19-20-10-14-22(19)15-17-6-7-17/h5,10,14,17-18H,3-4,6-9,11-13,15H2,1-2H3/b16-5+. The number of imidazole rings is 1. The second-order valence-corrected chi connectivity index (χ2v) is 7.19. The van der Waals surface area contributed by atoms with Gasteiger partial charge in [0.2, 0.25) is 0 Å². The fourth-order valence-corrected chi connectivity index (χ4v) is 3.47. The molecule has 122 valence electrons. The molecule has 1 saturated heterocycles. The highest BCUT2D eigenvalue weighted by Crippen LogP contribution is 2.33. The first-order chi connectivity index (χ1) is 10.8.